The van der Waals surface area contributed by atoms with E-state index in [1.165, 1.54) is 5.19 Å². The maximum absolute atomic E-state index is 13.2. The van der Waals surface area contributed by atoms with Crippen molar-refractivity contribution in [1.29, 1.82) is 0 Å². The summed E-state index contributed by atoms with van der Waals surface area (Å²) in [5, 5.41) is 1.25. The lowest BCUT2D eigenvalue weighted by Crippen LogP contribution is -2.44. The first-order chi connectivity index (χ1) is 10.9. The van der Waals surface area contributed by atoms with Crippen LogP contribution in [-0.4, -0.2) is 32.0 Å². The Balaban J connectivity index is 2.71. The first kappa shape index (κ1) is 17.5. The Morgan fingerprint density at radius 2 is 1.52 bits per heavy atom. The number of rotatable bonds is 5. The molecule has 0 bridgehead atoms. The highest BCUT2D eigenvalue weighted by atomic mass is 28.3. The van der Waals surface area contributed by atoms with Gasteiger partial charge in [-0.15, -0.1) is 0 Å². The highest BCUT2D eigenvalue weighted by Crippen LogP contribution is 2.25. The van der Waals surface area contributed by atoms with Gasteiger partial charge in [-0.2, -0.15) is 0 Å². The van der Waals surface area contributed by atoms with Gasteiger partial charge in [0.15, 0.2) is 0 Å². The molecular formula is C20H27NOSi. The van der Waals surface area contributed by atoms with Gasteiger partial charge in [-0.25, -0.2) is 0 Å². The summed E-state index contributed by atoms with van der Waals surface area (Å²) in [6.45, 7) is 12.5. The van der Waals surface area contributed by atoms with Crippen LogP contribution in [0.3, 0.4) is 0 Å². The molecule has 0 unspecified atom stereocenters. The molecule has 0 N–H and O–H groups in total. The summed E-state index contributed by atoms with van der Waals surface area (Å²) < 4.78 is 0. The van der Waals surface area contributed by atoms with E-state index < -0.39 is 8.07 Å². The lowest BCUT2D eigenvalue weighted by Gasteiger charge is -2.27. The number of carbonyl (C=O) groups is 1. The maximum atomic E-state index is 13.2. The van der Waals surface area contributed by atoms with Crippen molar-refractivity contribution >= 4 is 19.2 Å². The Morgan fingerprint density at radius 1 is 0.913 bits per heavy atom. The van der Waals surface area contributed by atoms with Crippen LogP contribution in [0.2, 0.25) is 19.6 Å². The largest absolute Gasteiger partial charge is 0.339 e. The SMILES string of the molecule is CCN(CC)C(=O)c1c(-c2ccccc2)cccc1[Si](C)(C)C. The zero-order chi connectivity index (χ0) is 17.0. The predicted molar refractivity (Wildman–Crippen MR) is 102 cm³/mol. The van der Waals surface area contributed by atoms with Crippen molar-refractivity contribution in [1.82, 2.24) is 4.90 Å². The number of nitrogens with zero attached hydrogens (tertiary/aromatic N) is 1. The van der Waals surface area contributed by atoms with Crippen molar-refractivity contribution in [3.05, 3.63) is 54.1 Å². The lowest BCUT2D eigenvalue weighted by atomic mass is 9.98. The van der Waals surface area contributed by atoms with Crippen LogP contribution >= 0.6 is 0 Å². The highest BCUT2D eigenvalue weighted by molar-refractivity contribution is 6.89. The third-order valence-corrected chi connectivity index (χ3v) is 6.25. The average Bonchev–Trinajstić information content (AvgIpc) is 2.55. The molecule has 23 heavy (non-hydrogen) atoms. The molecule has 1 amide bonds. The van der Waals surface area contributed by atoms with E-state index in [2.05, 4.69) is 50.0 Å². The molecule has 122 valence electrons. The van der Waals surface area contributed by atoms with Gasteiger partial charge in [-0.05, 0) is 30.2 Å². The van der Waals surface area contributed by atoms with Gasteiger partial charge in [0, 0.05) is 18.7 Å². The highest BCUT2D eigenvalue weighted by Gasteiger charge is 2.28. The lowest BCUT2D eigenvalue weighted by molar-refractivity contribution is 0.0775. The van der Waals surface area contributed by atoms with Crippen molar-refractivity contribution in [2.75, 3.05) is 13.1 Å². The maximum Gasteiger partial charge on any atom is 0.254 e. The fourth-order valence-electron chi connectivity index (χ4n) is 2.93. The topological polar surface area (TPSA) is 20.3 Å². The second kappa shape index (κ2) is 7.13. The van der Waals surface area contributed by atoms with E-state index in [9.17, 15) is 4.79 Å². The first-order valence-electron chi connectivity index (χ1n) is 8.38. The van der Waals surface area contributed by atoms with E-state index in [4.69, 9.17) is 0 Å². The minimum atomic E-state index is -1.62. The van der Waals surface area contributed by atoms with Gasteiger partial charge >= 0.3 is 0 Å². The molecular weight excluding hydrogens is 298 g/mol. The van der Waals surface area contributed by atoms with Crippen molar-refractivity contribution in [3.8, 4) is 11.1 Å². The molecule has 2 nitrogen and oxygen atoms in total. The van der Waals surface area contributed by atoms with Crippen molar-refractivity contribution in [2.45, 2.75) is 33.5 Å². The van der Waals surface area contributed by atoms with Gasteiger partial charge < -0.3 is 4.90 Å². The first-order valence-corrected chi connectivity index (χ1v) is 11.9. The van der Waals surface area contributed by atoms with Gasteiger partial charge in [0.05, 0.1) is 8.07 Å². The van der Waals surface area contributed by atoms with E-state index >= 15 is 0 Å². The number of carbonyl (C=O) groups excluding carboxylic acids is 1. The summed E-state index contributed by atoms with van der Waals surface area (Å²) in [7, 11) is -1.62. The molecule has 3 heteroatoms. The molecule has 0 spiro atoms. The van der Waals surface area contributed by atoms with Gasteiger partial charge in [0.1, 0.15) is 0 Å². The molecule has 0 aromatic heterocycles. The third-order valence-electron chi connectivity index (χ3n) is 4.22. The van der Waals surface area contributed by atoms with Crippen molar-refractivity contribution in [3.63, 3.8) is 0 Å². The number of amides is 1. The molecule has 0 aliphatic carbocycles. The van der Waals surface area contributed by atoms with Gasteiger partial charge in [0.2, 0.25) is 0 Å². The third kappa shape index (κ3) is 3.73. The van der Waals surface area contributed by atoms with E-state index in [0.717, 1.165) is 29.8 Å². The molecule has 0 aliphatic heterocycles. The summed E-state index contributed by atoms with van der Waals surface area (Å²) >= 11 is 0. The molecule has 2 aromatic rings. The standard InChI is InChI=1S/C20H27NOSi/c1-6-21(7-2)20(22)19-17(16-12-9-8-10-13-16)14-11-15-18(19)23(3,4)5/h8-15H,6-7H2,1-5H3. The Kier molecular flexibility index (Phi) is 5.42. The van der Waals surface area contributed by atoms with Crippen LogP contribution < -0.4 is 5.19 Å². The van der Waals surface area contributed by atoms with Crippen LogP contribution in [0.4, 0.5) is 0 Å². The molecule has 0 atom stereocenters. The fourth-order valence-corrected chi connectivity index (χ4v) is 4.52. The van der Waals surface area contributed by atoms with Crippen LogP contribution in [0.25, 0.3) is 11.1 Å². The minimum absolute atomic E-state index is 0.159. The van der Waals surface area contributed by atoms with E-state index in [1.54, 1.807) is 0 Å². The molecule has 2 rings (SSSR count). The average molecular weight is 326 g/mol. The van der Waals surface area contributed by atoms with Crippen LogP contribution in [0.5, 0.6) is 0 Å². The van der Waals surface area contributed by atoms with Crippen molar-refractivity contribution in [2.24, 2.45) is 0 Å². The summed E-state index contributed by atoms with van der Waals surface area (Å²) in [4.78, 5) is 15.1. The molecule has 0 radical (unpaired) electrons. The molecule has 0 saturated heterocycles. The second-order valence-corrected chi connectivity index (χ2v) is 11.9. The summed E-state index contributed by atoms with van der Waals surface area (Å²) in [5.74, 6) is 0.159. The summed E-state index contributed by atoms with van der Waals surface area (Å²) in [6, 6.07) is 16.6. The van der Waals surface area contributed by atoms with Crippen LogP contribution in [-0.2, 0) is 0 Å². The second-order valence-electron chi connectivity index (χ2n) is 6.82. The molecule has 0 saturated carbocycles. The normalized spacial score (nSPS) is 11.3. The zero-order valence-electron chi connectivity index (χ0n) is 14.9. The monoisotopic (exact) mass is 325 g/mol. The van der Waals surface area contributed by atoms with E-state index in [-0.39, 0.29) is 5.91 Å². The summed E-state index contributed by atoms with van der Waals surface area (Å²) in [5.41, 5.74) is 3.08. The number of hydrogen-bond acceptors (Lipinski definition) is 1. The zero-order valence-corrected chi connectivity index (χ0v) is 15.9. The quantitative estimate of drug-likeness (QED) is 0.747. The Labute approximate surface area is 141 Å². The van der Waals surface area contributed by atoms with Crippen LogP contribution in [0.15, 0.2) is 48.5 Å². The molecule has 0 fully saturated rings. The van der Waals surface area contributed by atoms with Gasteiger partial charge in [-0.1, -0.05) is 68.2 Å². The Bertz CT molecular complexity index is 670. The Hall–Kier alpha value is -1.87. The molecule has 2 aromatic carbocycles. The summed E-state index contributed by atoms with van der Waals surface area (Å²) in [6.07, 6.45) is 0. The van der Waals surface area contributed by atoms with Gasteiger partial charge in [0.25, 0.3) is 5.91 Å². The smallest absolute Gasteiger partial charge is 0.254 e. The van der Waals surface area contributed by atoms with Crippen LogP contribution in [0.1, 0.15) is 24.2 Å². The van der Waals surface area contributed by atoms with E-state index in [0.29, 0.717) is 0 Å². The van der Waals surface area contributed by atoms with Crippen molar-refractivity contribution < 1.29 is 4.79 Å². The molecule has 0 heterocycles. The van der Waals surface area contributed by atoms with Gasteiger partial charge in [-0.3, -0.25) is 4.79 Å². The fraction of sp³-hybridized carbons (Fsp3) is 0.350. The Morgan fingerprint density at radius 3 is 2.04 bits per heavy atom. The van der Waals surface area contributed by atoms with Crippen LogP contribution in [0, 0.1) is 0 Å². The number of hydrogen-bond donors (Lipinski definition) is 0. The number of benzene rings is 2. The molecule has 0 aliphatic rings. The van der Waals surface area contributed by atoms with E-state index in [1.807, 2.05) is 36.9 Å². The minimum Gasteiger partial charge on any atom is -0.339 e. The predicted octanol–water partition coefficient (Wildman–Crippen LogP) is 4.38.